The fourth-order valence-corrected chi connectivity index (χ4v) is 1.15. The van der Waals surface area contributed by atoms with Gasteiger partial charge >= 0.3 is 0 Å². The lowest BCUT2D eigenvalue weighted by Crippen LogP contribution is -2.16. The molecule has 13 heavy (non-hydrogen) atoms. The van der Waals surface area contributed by atoms with Gasteiger partial charge < -0.3 is 10.6 Å². The Morgan fingerprint density at radius 3 is 3.08 bits per heavy atom. The number of fused-ring (bicyclic) bond motifs is 1. The summed E-state index contributed by atoms with van der Waals surface area (Å²) in [4.78, 5) is 15.9. The smallest absolute Gasteiger partial charge is 0.248 e. The van der Waals surface area contributed by atoms with Crippen LogP contribution in [0, 0.1) is 0 Å². The van der Waals surface area contributed by atoms with Crippen molar-refractivity contribution in [2.24, 2.45) is 5.73 Å². The van der Waals surface area contributed by atoms with Gasteiger partial charge in [0.1, 0.15) is 0 Å². The third-order valence-electron chi connectivity index (χ3n) is 1.79. The van der Waals surface area contributed by atoms with Crippen LogP contribution in [0.2, 0.25) is 0 Å². The molecule has 1 aliphatic heterocycles. The van der Waals surface area contributed by atoms with Gasteiger partial charge in [-0.15, -0.1) is 0 Å². The van der Waals surface area contributed by atoms with Crippen molar-refractivity contribution in [1.29, 1.82) is 0 Å². The molecule has 66 valence electrons. The van der Waals surface area contributed by atoms with Crippen LogP contribution < -0.4 is 16.1 Å². The number of primary amides is 1. The Morgan fingerprint density at radius 2 is 2.31 bits per heavy atom. The molecule has 0 spiro atoms. The number of carbonyl (C=O) groups is 1. The second-order valence-electron chi connectivity index (χ2n) is 2.67. The summed E-state index contributed by atoms with van der Waals surface area (Å²) in [5, 5.41) is 0. The van der Waals surface area contributed by atoms with Crippen molar-refractivity contribution < 1.29 is 9.63 Å². The fraction of sp³-hybridized carbons (Fsp3) is 0. The molecule has 0 aliphatic carbocycles. The van der Waals surface area contributed by atoms with Crippen molar-refractivity contribution in [3.8, 4) is 5.75 Å². The van der Waals surface area contributed by atoms with Crippen LogP contribution >= 0.6 is 0 Å². The molecule has 0 saturated heterocycles. The minimum atomic E-state index is -0.435. The third kappa shape index (κ3) is 1.33. The second-order valence-corrected chi connectivity index (χ2v) is 2.67. The molecule has 1 heterocycles. The number of hydrogen-bond acceptors (Lipinski definition) is 3. The summed E-state index contributed by atoms with van der Waals surface area (Å²) in [6, 6.07) is 5.02. The van der Waals surface area contributed by atoms with Gasteiger partial charge in [-0.3, -0.25) is 4.79 Å². The molecular formula is C9H8N2O2. The van der Waals surface area contributed by atoms with Gasteiger partial charge in [0.2, 0.25) is 5.91 Å². The van der Waals surface area contributed by atoms with Crippen LogP contribution in [0.4, 0.5) is 0 Å². The summed E-state index contributed by atoms with van der Waals surface area (Å²) in [6.45, 7) is 0. The molecule has 4 nitrogen and oxygen atoms in total. The summed E-state index contributed by atoms with van der Waals surface area (Å²) < 4.78 is 0. The summed E-state index contributed by atoms with van der Waals surface area (Å²) in [5.41, 5.74) is 9.04. The van der Waals surface area contributed by atoms with E-state index in [0.29, 0.717) is 11.3 Å². The van der Waals surface area contributed by atoms with Gasteiger partial charge in [-0.2, -0.15) is 0 Å². The van der Waals surface area contributed by atoms with E-state index in [1.54, 1.807) is 24.4 Å². The Kier molecular flexibility index (Phi) is 1.66. The van der Waals surface area contributed by atoms with Crippen LogP contribution in [0.1, 0.15) is 15.9 Å². The van der Waals surface area contributed by atoms with Gasteiger partial charge in [0.15, 0.2) is 5.75 Å². The van der Waals surface area contributed by atoms with E-state index >= 15 is 0 Å². The zero-order chi connectivity index (χ0) is 9.26. The molecular weight excluding hydrogens is 168 g/mol. The summed E-state index contributed by atoms with van der Waals surface area (Å²) in [7, 11) is 0. The van der Waals surface area contributed by atoms with Gasteiger partial charge in [-0.1, -0.05) is 0 Å². The lowest BCUT2D eigenvalue weighted by Gasteiger charge is -2.12. The van der Waals surface area contributed by atoms with Crippen LogP contribution in [0.15, 0.2) is 24.4 Å². The molecule has 1 aromatic carbocycles. The van der Waals surface area contributed by atoms with E-state index in [2.05, 4.69) is 5.48 Å². The van der Waals surface area contributed by atoms with E-state index in [1.165, 1.54) is 0 Å². The number of nitrogens with one attached hydrogen (secondary N) is 1. The Bertz CT molecular complexity index is 385. The number of amides is 1. The zero-order valence-corrected chi connectivity index (χ0v) is 6.78. The Balaban J connectivity index is 2.48. The largest absolute Gasteiger partial charge is 0.382 e. The molecule has 0 saturated carbocycles. The van der Waals surface area contributed by atoms with Crippen molar-refractivity contribution in [2.75, 3.05) is 0 Å². The lowest BCUT2D eigenvalue weighted by molar-refractivity contribution is 0.1000. The molecule has 1 aliphatic rings. The minimum Gasteiger partial charge on any atom is -0.382 e. The molecule has 0 atom stereocenters. The fourth-order valence-electron chi connectivity index (χ4n) is 1.15. The van der Waals surface area contributed by atoms with Crippen LogP contribution in [0.5, 0.6) is 5.75 Å². The van der Waals surface area contributed by atoms with Crippen molar-refractivity contribution in [1.82, 2.24) is 5.48 Å². The molecule has 0 fully saturated rings. The highest BCUT2D eigenvalue weighted by Crippen LogP contribution is 2.22. The summed E-state index contributed by atoms with van der Waals surface area (Å²) >= 11 is 0. The molecule has 0 aromatic heterocycles. The molecule has 3 N–H and O–H groups in total. The normalized spacial score (nSPS) is 12.6. The van der Waals surface area contributed by atoms with Crippen molar-refractivity contribution in [2.45, 2.75) is 0 Å². The Morgan fingerprint density at radius 1 is 1.46 bits per heavy atom. The first-order valence-corrected chi connectivity index (χ1v) is 3.80. The van der Waals surface area contributed by atoms with Gasteiger partial charge in [0.25, 0.3) is 0 Å². The average molecular weight is 176 g/mol. The highest BCUT2D eigenvalue weighted by atomic mass is 16.6. The van der Waals surface area contributed by atoms with Crippen LogP contribution in [-0.2, 0) is 0 Å². The highest BCUT2D eigenvalue weighted by Gasteiger charge is 2.08. The highest BCUT2D eigenvalue weighted by molar-refractivity contribution is 5.93. The molecule has 4 heteroatoms. The topological polar surface area (TPSA) is 64.4 Å². The zero-order valence-electron chi connectivity index (χ0n) is 6.78. The van der Waals surface area contributed by atoms with E-state index in [0.717, 1.165) is 5.56 Å². The van der Waals surface area contributed by atoms with Crippen LogP contribution in [0.3, 0.4) is 0 Å². The average Bonchev–Trinajstić information content (AvgIpc) is 2.17. The van der Waals surface area contributed by atoms with Gasteiger partial charge in [-0.05, 0) is 24.3 Å². The first-order valence-electron chi connectivity index (χ1n) is 3.80. The van der Waals surface area contributed by atoms with E-state index in [1.807, 2.05) is 6.08 Å². The van der Waals surface area contributed by atoms with Crippen molar-refractivity contribution in [3.63, 3.8) is 0 Å². The molecule has 1 amide bonds. The van der Waals surface area contributed by atoms with Crippen LogP contribution in [0.25, 0.3) is 6.08 Å². The van der Waals surface area contributed by atoms with E-state index in [-0.39, 0.29) is 0 Å². The maximum absolute atomic E-state index is 10.8. The number of nitrogens with two attached hydrogens (primary N) is 1. The van der Waals surface area contributed by atoms with Gasteiger partial charge in [0, 0.05) is 17.3 Å². The first-order chi connectivity index (χ1) is 6.27. The predicted molar refractivity (Wildman–Crippen MR) is 47.8 cm³/mol. The maximum Gasteiger partial charge on any atom is 0.248 e. The van der Waals surface area contributed by atoms with Gasteiger partial charge in [0.05, 0.1) is 0 Å². The van der Waals surface area contributed by atoms with Gasteiger partial charge in [-0.25, -0.2) is 5.48 Å². The number of benzene rings is 1. The number of hydroxylamine groups is 1. The SMILES string of the molecule is NC(=O)c1ccc2c(c1)C=CNO2. The quantitative estimate of drug-likeness (QED) is 0.660. The molecule has 2 rings (SSSR count). The minimum absolute atomic E-state index is 0.435. The molecule has 0 radical (unpaired) electrons. The standard InChI is InChI=1S/C9H8N2O2/c10-9(12)7-1-2-8-6(5-7)3-4-11-13-8/h1-5,11H,(H2,10,12). The number of carbonyl (C=O) groups excluding carboxylic acids is 1. The van der Waals surface area contributed by atoms with E-state index < -0.39 is 5.91 Å². The Labute approximate surface area is 74.9 Å². The third-order valence-corrected chi connectivity index (χ3v) is 1.79. The predicted octanol–water partition coefficient (Wildman–Crippen LogP) is 0.653. The monoisotopic (exact) mass is 176 g/mol. The van der Waals surface area contributed by atoms with Crippen molar-refractivity contribution in [3.05, 3.63) is 35.5 Å². The Hall–Kier alpha value is -1.97. The summed E-state index contributed by atoms with van der Waals surface area (Å²) in [6.07, 6.45) is 3.46. The lowest BCUT2D eigenvalue weighted by atomic mass is 10.1. The van der Waals surface area contributed by atoms with Crippen molar-refractivity contribution >= 4 is 12.0 Å². The first kappa shape index (κ1) is 7.67. The molecule has 1 aromatic rings. The van der Waals surface area contributed by atoms with E-state index in [4.69, 9.17) is 10.6 Å². The maximum atomic E-state index is 10.8. The number of hydrogen-bond donors (Lipinski definition) is 2. The molecule has 0 unspecified atom stereocenters. The number of rotatable bonds is 1. The van der Waals surface area contributed by atoms with E-state index in [9.17, 15) is 4.79 Å². The van der Waals surface area contributed by atoms with Crippen LogP contribution in [-0.4, -0.2) is 5.91 Å². The molecule has 0 bridgehead atoms. The second kappa shape index (κ2) is 2.82. The summed E-state index contributed by atoms with van der Waals surface area (Å²) in [5.74, 6) is 0.252.